The lowest BCUT2D eigenvalue weighted by atomic mass is 9.66. The highest BCUT2D eigenvalue weighted by molar-refractivity contribution is 5.71. The van der Waals surface area contributed by atoms with Gasteiger partial charge in [0, 0.05) is 56.4 Å². The summed E-state index contributed by atoms with van der Waals surface area (Å²) in [7, 11) is 5.76. The molecule has 3 aliphatic rings. The Bertz CT molecular complexity index is 1160. The second-order valence-corrected chi connectivity index (χ2v) is 10.5. The smallest absolute Gasteiger partial charge is 0.308 e. The van der Waals surface area contributed by atoms with E-state index < -0.39 is 5.97 Å². The third kappa shape index (κ3) is 5.09. The predicted molar refractivity (Wildman–Crippen MR) is 147 cm³/mol. The lowest BCUT2D eigenvalue weighted by molar-refractivity contribution is -0.152. The fourth-order valence-electron chi connectivity index (χ4n) is 6.44. The molecule has 5 atom stereocenters. The molecule has 5 unspecified atom stereocenters. The van der Waals surface area contributed by atoms with Gasteiger partial charge in [-0.3, -0.25) is 9.69 Å². The molecule has 0 saturated carbocycles. The second kappa shape index (κ2) is 11.0. The number of ether oxygens (including phenoxy) is 1. The molecule has 3 aromatic rings. The van der Waals surface area contributed by atoms with E-state index in [1.54, 1.807) is 7.11 Å². The number of aliphatic carboxylic acids is 1. The first-order valence-electron chi connectivity index (χ1n) is 13.1. The Hall–Kier alpha value is -3.35. The number of nitrogens with zero attached hydrogens (tertiary/aromatic N) is 2. The number of hydrogen-bond donors (Lipinski definition) is 2. The molecule has 0 spiro atoms. The lowest BCUT2D eigenvalue weighted by Gasteiger charge is -2.56. The Morgan fingerprint density at radius 1 is 1.05 bits per heavy atom. The van der Waals surface area contributed by atoms with Crippen LogP contribution in [0.1, 0.15) is 29.0 Å². The summed E-state index contributed by atoms with van der Waals surface area (Å²) in [4.78, 5) is 16.8. The number of carboxylic acids is 1. The normalized spacial score (nSPS) is 24.7. The standard InChI is InChI=1S/C31H37N3O3/c1-33(2)24-14-15-27(37-3)23(18-24)19-32-29-25-16-17-34(20-26(25)31(35)36)30(29)28(21-10-6-4-7-11-21)22-12-8-5-9-13-22/h4-15,18,25-26,28-30,32H,16-17,19-20H2,1-3H3,(H,35,36). The first-order chi connectivity index (χ1) is 18.0. The molecule has 0 aliphatic carbocycles. The minimum Gasteiger partial charge on any atom is -0.496 e. The molecule has 3 saturated heterocycles. The van der Waals surface area contributed by atoms with Crippen molar-refractivity contribution in [2.45, 2.75) is 31.0 Å². The third-order valence-corrected chi connectivity index (χ3v) is 8.23. The van der Waals surface area contributed by atoms with E-state index in [4.69, 9.17) is 4.74 Å². The van der Waals surface area contributed by atoms with Crippen LogP contribution in [0, 0.1) is 11.8 Å². The maximum Gasteiger partial charge on any atom is 0.308 e. The Morgan fingerprint density at radius 3 is 2.27 bits per heavy atom. The number of benzene rings is 3. The maximum atomic E-state index is 12.3. The van der Waals surface area contributed by atoms with Gasteiger partial charge >= 0.3 is 5.97 Å². The summed E-state index contributed by atoms with van der Waals surface area (Å²) in [5, 5.41) is 14.0. The molecule has 2 N–H and O–H groups in total. The number of fused-ring (bicyclic) bond motifs is 3. The molecule has 194 valence electrons. The summed E-state index contributed by atoms with van der Waals surface area (Å²) in [6, 6.07) is 27.7. The molecule has 0 aromatic heterocycles. The van der Waals surface area contributed by atoms with Gasteiger partial charge in [-0.2, -0.15) is 0 Å². The van der Waals surface area contributed by atoms with Gasteiger partial charge in [-0.15, -0.1) is 0 Å². The topological polar surface area (TPSA) is 65.0 Å². The highest BCUT2D eigenvalue weighted by atomic mass is 16.5. The van der Waals surface area contributed by atoms with Crippen LogP contribution in [-0.4, -0.2) is 62.4 Å². The van der Waals surface area contributed by atoms with E-state index in [1.165, 1.54) is 11.1 Å². The summed E-state index contributed by atoms with van der Waals surface area (Å²) in [6.45, 7) is 2.13. The average molecular weight is 500 g/mol. The monoisotopic (exact) mass is 499 g/mol. The van der Waals surface area contributed by atoms with Gasteiger partial charge in [0.25, 0.3) is 0 Å². The van der Waals surface area contributed by atoms with Crippen molar-refractivity contribution in [1.29, 1.82) is 0 Å². The number of carbonyl (C=O) groups is 1. The number of nitrogens with one attached hydrogen (secondary N) is 1. The van der Waals surface area contributed by atoms with Crippen molar-refractivity contribution in [2.24, 2.45) is 11.8 Å². The van der Waals surface area contributed by atoms with Gasteiger partial charge in [-0.05, 0) is 48.2 Å². The number of methoxy groups -OCH3 is 1. The molecule has 3 aromatic carbocycles. The van der Waals surface area contributed by atoms with Crippen LogP contribution in [0.15, 0.2) is 78.9 Å². The number of hydrogen-bond acceptors (Lipinski definition) is 5. The van der Waals surface area contributed by atoms with Gasteiger partial charge in [0.15, 0.2) is 0 Å². The van der Waals surface area contributed by atoms with Gasteiger partial charge in [-0.1, -0.05) is 60.7 Å². The van der Waals surface area contributed by atoms with Crippen LogP contribution in [0.3, 0.4) is 0 Å². The quantitative estimate of drug-likeness (QED) is 0.453. The fraction of sp³-hybridized carbons (Fsp3) is 0.387. The zero-order chi connectivity index (χ0) is 25.9. The molecule has 6 nitrogen and oxygen atoms in total. The molecular weight excluding hydrogens is 462 g/mol. The van der Waals surface area contributed by atoms with Crippen molar-refractivity contribution >= 4 is 11.7 Å². The number of piperidine rings is 3. The highest BCUT2D eigenvalue weighted by Gasteiger charge is 2.52. The van der Waals surface area contributed by atoms with Crippen LogP contribution in [-0.2, 0) is 11.3 Å². The van der Waals surface area contributed by atoms with Gasteiger partial charge in [0.2, 0.25) is 0 Å². The van der Waals surface area contributed by atoms with Crippen molar-refractivity contribution in [3.05, 3.63) is 95.6 Å². The summed E-state index contributed by atoms with van der Waals surface area (Å²) in [5.74, 6) is -0.0286. The summed E-state index contributed by atoms with van der Waals surface area (Å²) in [6.07, 6.45) is 0.885. The van der Waals surface area contributed by atoms with Crippen molar-refractivity contribution in [3.8, 4) is 5.75 Å². The SMILES string of the molecule is COc1ccc(N(C)C)cc1CNC1C2CCN(CC2C(=O)O)C1C(c1ccccc1)c1ccccc1. The van der Waals surface area contributed by atoms with E-state index in [0.29, 0.717) is 13.1 Å². The first-order valence-corrected chi connectivity index (χ1v) is 13.1. The van der Waals surface area contributed by atoms with Crippen LogP contribution in [0.2, 0.25) is 0 Å². The molecule has 6 rings (SSSR count). The number of rotatable bonds is 9. The van der Waals surface area contributed by atoms with Gasteiger partial charge < -0.3 is 20.1 Å². The molecular formula is C31H37N3O3. The Balaban J connectivity index is 1.54. The van der Waals surface area contributed by atoms with E-state index in [9.17, 15) is 9.90 Å². The van der Waals surface area contributed by atoms with Crippen molar-refractivity contribution in [3.63, 3.8) is 0 Å². The number of anilines is 1. The molecule has 0 radical (unpaired) electrons. The summed E-state index contributed by atoms with van der Waals surface area (Å²) in [5.41, 5.74) is 4.71. The highest BCUT2D eigenvalue weighted by Crippen LogP contribution is 2.44. The van der Waals surface area contributed by atoms with E-state index in [2.05, 4.69) is 87.9 Å². The van der Waals surface area contributed by atoms with E-state index in [-0.39, 0.29) is 29.8 Å². The molecule has 6 heteroatoms. The third-order valence-electron chi connectivity index (χ3n) is 8.23. The van der Waals surface area contributed by atoms with Gasteiger partial charge in [0.1, 0.15) is 5.75 Å². The molecule has 3 aliphatic heterocycles. The Labute approximate surface area is 219 Å². The Kier molecular flexibility index (Phi) is 7.49. The molecule has 37 heavy (non-hydrogen) atoms. The zero-order valence-electron chi connectivity index (χ0n) is 21.9. The van der Waals surface area contributed by atoms with Crippen molar-refractivity contribution in [2.75, 3.05) is 39.2 Å². The van der Waals surface area contributed by atoms with Gasteiger partial charge in [-0.25, -0.2) is 0 Å². The number of carboxylic acid groups (broad SMARTS) is 1. The minimum absolute atomic E-state index is 0.0155. The molecule has 2 bridgehead atoms. The summed E-state index contributed by atoms with van der Waals surface area (Å²) < 4.78 is 5.69. The largest absolute Gasteiger partial charge is 0.496 e. The van der Waals surface area contributed by atoms with Crippen LogP contribution >= 0.6 is 0 Å². The average Bonchev–Trinajstić information content (AvgIpc) is 2.93. The fourth-order valence-corrected chi connectivity index (χ4v) is 6.44. The Morgan fingerprint density at radius 2 is 1.70 bits per heavy atom. The van der Waals surface area contributed by atoms with Crippen LogP contribution in [0.4, 0.5) is 5.69 Å². The van der Waals surface area contributed by atoms with Crippen molar-refractivity contribution < 1.29 is 14.6 Å². The van der Waals surface area contributed by atoms with Gasteiger partial charge in [0.05, 0.1) is 13.0 Å². The molecule has 0 amide bonds. The molecule has 3 heterocycles. The van der Waals surface area contributed by atoms with Crippen LogP contribution in [0.25, 0.3) is 0 Å². The second-order valence-electron chi connectivity index (χ2n) is 10.5. The zero-order valence-corrected chi connectivity index (χ0v) is 21.9. The van der Waals surface area contributed by atoms with E-state index in [0.717, 1.165) is 30.0 Å². The summed E-state index contributed by atoms with van der Waals surface area (Å²) >= 11 is 0. The molecule has 3 fully saturated rings. The lowest BCUT2D eigenvalue weighted by Crippen LogP contribution is -2.68. The van der Waals surface area contributed by atoms with Crippen LogP contribution in [0.5, 0.6) is 5.75 Å². The van der Waals surface area contributed by atoms with E-state index in [1.807, 2.05) is 20.2 Å². The van der Waals surface area contributed by atoms with Crippen LogP contribution < -0.4 is 15.0 Å². The van der Waals surface area contributed by atoms with E-state index >= 15 is 0 Å². The minimum atomic E-state index is -0.692. The first kappa shape index (κ1) is 25.3. The maximum absolute atomic E-state index is 12.3. The van der Waals surface area contributed by atoms with Crippen molar-refractivity contribution in [1.82, 2.24) is 10.2 Å². The predicted octanol–water partition coefficient (Wildman–Crippen LogP) is 4.46.